The molecule has 7 nitrogen and oxygen atoms in total. The number of carbonyl (C=O) groups excluding carboxylic acids is 2. The number of imide groups is 1. The molecule has 1 aliphatic rings. The van der Waals surface area contributed by atoms with E-state index in [0.717, 1.165) is 4.90 Å². The number of urea groups is 1. The molecule has 26 heavy (non-hydrogen) atoms. The summed E-state index contributed by atoms with van der Waals surface area (Å²) in [6.07, 6.45) is 1.61. The number of thiazole rings is 1. The molecule has 4 rings (SSSR count). The van der Waals surface area contributed by atoms with Gasteiger partial charge in [-0.1, -0.05) is 12.1 Å². The summed E-state index contributed by atoms with van der Waals surface area (Å²) in [7, 11) is 0. The van der Waals surface area contributed by atoms with Crippen LogP contribution in [0, 0.1) is 5.82 Å². The van der Waals surface area contributed by atoms with Crippen LogP contribution in [-0.4, -0.2) is 26.2 Å². The van der Waals surface area contributed by atoms with Crippen LogP contribution in [0.25, 0.3) is 4.96 Å². The molecule has 1 aromatic carbocycles. The second kappa shape index (κ2) is 5.73. The van der Waals surface area contributed by atoms with Gasteiger partial charge in [0.1, 0.15) is 11.4 Å². The van der Waals surface area contributed by atoms with E-state index in [-0.39, 0.29) is 12.1 Å². The highest BCUT2D eigenvalue weighted by atomic mass is 32.1. The number of hydrogen-bond acceptors (Lipinski definition) is 5. The van der Waals surface area contributed by atoms with Crippen molar-refractivity contribution < 1.29 is 14.0 Å². The highest BCUT2D eigenvalue weighted by Crippen LogP contribution is 2.29. The zero-order valence-corrected chi connectivity index (χ0v) is 14.4. The van der Waals surface area contributed by atoms with Gasteiger partial charge in [-0.2, -0.15) is 0 Å². The average Bonchev–Trinajstić information content (AvgIpc) is 3.15. The van der Waals surface area contributed by atoms with E-state index in [1.807, 2.05) is 0 Å². The Morgan fingerprint density at radius 3 is 2.69 bits per heavy atom. The third-order valence-electron chi connectivity index (χ3n) is 4.37. The number of hydrogen-bond donors (Lipinski definition) is 1. The molecule has 0 radical (unpaired) electrons. The van der Waals surface area contributed by atoms with E-state index < -0.39 is 23.3 Å². The number of benzene rings is 1. The highest BCUT2D eigenvalue weighted by molar-refractivity contribution is 7.15. The lowest BCUT2D eigenvalue weighted by molar-refractivity contribution is -0.131. The van der Waals surface area contributed by atoms with E-state index in [9.17, 15) is 18.8 Å². The summed E-state index contributed by atoms with van der Waals surface area (Å²) in [5.74, 6) is -0.915. The first-order valence-electron chi connectivity index (χ1n) is 7.74. The average molecular weight is 372 g/mol. The molecule has 1 N–H and O–H groups in total. The van der Waals surface area contributed by atoms with Gasteiger partial charge in [-0.3, -0.25) is 18.9 Å². The van der Waals surface area contributed by atoms with Crippen molar-refractivity contribution in [2.45, 2.75) is 19.0 Å². The maximum atomic E-state index is 13.2. The van der Waals surface area contributed by atoms with Crippen molar-refractivity contribution >= 4 is 28.2 Å². The molecule has 2 aromatic heterocycles. The van der Waals surface area contributed by atoms with E-state index in [0.29, 0.717) is 16.2 Å². The maximum absolute atomic E-state index is 13.2. The molecule has 1 unspecified atom stereocenters. The Morgan fingerprint density at radius 1 is 1.23 bits per heavy atom. The highest BCUT2D eigenvalue weighted by Gasteiger charge is 2.49. The molecule has 3 aromatic rings. The van der Waals surface area contributed by atoms with Crippen LogP contribution < -0.4 is 10.9 Å². The molecular weight excluding hydrogens is 359 g/mol. The second-order valence-electron chi connectivity index (χ2n) is 6.09. The Balaban J connectivity index is 1.66. The fourth-order valence-electron chi connectivity index (χ4n) is 2.95. The lowest BCUT2D eigenvalue weighted by atomic mass is 9.92. The minimum Gasteiger partial charge on any atom is -0.319 e. The molecule has 9 heteroatoms. The monoisotopic (exact) mass is 372 g/mol. The number of fused-ring (bicyclic) bond motifs is 1. The van der Waals surface area contributed by atoms with Crippen molar-refractivity contribution in [3.8, 4) is 0 Å². The molecule has 1 saturated heterocycles. The van der Waals surface area contributed by atoms with Crippen molar-refractivity contribution in [1.82, 2.24) is 19.6 Å². The Labute approximate surface area is 150 Å². The number of nitrogens with one attached hydrogen (secondary N) is 1. The summed E-state index contributed by atoms with van der Waals surface area (Å²) < 4.78 is 14.5. The molecule has 0 aliphatic carbocycles. The molecule has 1 aliphatic heterocycles. The van der Waals surface area contributed by atoms with Gasteiger partial charge in [-0.15, -0.1) is 11.3 Å². The van der Waals surface area contributed by atoms with Crippen LogP contribution in [0.3, 0.4) is 0 Å². The molecule has 3 amide bonds. The lowest BCUT2D eigenvalue weighted by Crippen LogP contribution is -2.40. The second-order valence-corrected chi connectivity index (χ2v) is 6.97. The molecule has 0 bridgehead atoms. The minimum absolute atomic E-state index is 0.120. The molecule has 1 atom stereocenters. The number of carbonyl (C=O) groups is 2. The summed E-state index contributed by atoms with van der Waals surface area (Å²) in [6.45, 7) is 1.44. The van der Waals surface area contributed by atoms with Gasteiger partial charge in [0.05, 0.1) is 12.2 Å². The lowest BCUT2D eigenvalue weighted by Gasteiger charge is -2.22. The number of halogens is 1. The van der Waals surface area contributed by atoms with Crippen LogP contribution in [0.1, 0.15) is 18.2 Å². The van der Waals surface area contributed by atoms with E-state index in [4.69, 9.17) is 0 Å². The van der Waals surface area contributed by atoms with Crippen molar-refractivity contribution in [3.63, 3.8) is 0 Å². The number of rotatable bonds is 3. The van der Waals surface area contributed by atoms with Gasteiger partial charge in [-0.25, -0.2) is 14.2 Å². The number of amides is 3. The van der Waals surface area contributed by atoms with Crippen LogP contribution in [-0.2, 0) is 16.9 Å². The number of nitrogens with zero attached hydrogens (tertiary/aromatic N) is 3. The normalized spacial score (nSPS) is 20.0. The predicted molar refractivity (Wildman–Crippen MR) is 92.2 cm³/mol. The van der Waals surface area contributed by atoms with Gasteiger partial charge in [0, 0.05) is 17.6 Å². The van der Waals surface area contributed by atoms with Gasteiger partial charge >= 0.3 is 6.03 Å². The molecule has 3 heterocycles. The first-order valence-corrected chi connectivity index (χ1v) is 8.62. The summed E-state index contributed by atoms with van der Waals surface area (Å²) in [5.41, 5.74) is -0.780. The van der Waals surface area contributed by atoms with E-state index >= 15 is 0 Å². The SMILES string of the molecule is CC1(c2ccc(F)cc2)NC(=O)N(Cc2cc(=O)n3ccsc3n2)C1=O. The van der Waals surface area contributed by atoms with Gasteiger partial charge in [0.25, 0.3) is 11.5 Å². The minimum atomic E-state index is -1.30. The first kappa shape index (κ1) is 16.4. The molecule has 0 saturated carbocycles. The van der Waals surface area contributed by atoms with Gasteiger partial charge in [0.15, 0.2) is 4.96 Å². The van der Waals surface area contributed by atoms with Crippen LogP contribution in [0.2, 0.25) is 0 Å². The van der Waals surface area contributed by atoms with Gasteiger partial charge < -0.3 is 5.32 Å². The van der Waals surface area contributed by atoms with Gasteiger partial charge in [-0.05, 0) is 24.6 Å². The smallest absolute Gasteiger partial charge is 0.319 e. The summed E-state index contributed by atoms with van der Waals surface area (Å²) >= 11 is 1.29. The van der Waals surface area contributed by atoms with Crippen molar-refractivity contribution in [1.29, 1.82) is 0 Å². The zero-order valence-electron chi connectivity index (χ0n) is 13.6. The third-order valence-corrected chi connectivity index (χ3v) is 5.13. The van der Waals surface area contributed by atoms with Crippen LogP contribution in [0.4, 0.5) is 9.18 Å². The largest absolute Gasteiger partial charge is 0.325 e. The predicted octanol–water partition coefficient (Wildman–Crippen LogP) is 1.86. The zero-order chi connectivity index (χ0) is 18.5. The van der Waals surface area contributed by atoms with Crippen LogP contribution in [0.5, 0.6) is 0 Å². The third kappa shape index (κ3) is 2.48. The quantitative estimate of drug-likeness (QED) is 0.712. The standard InChI is InChI=1S/C17H13FN4O3S/c1-17(10-2-4-11(18)5-3-10)14(24)22(15(25)20-17)9-12-8-13(23)21-6-7-26-16(21)19-12/h2-8H,9H2,1H3,(H,20,25). The number of aromatic nitrogens is 2. The van der Waals surface area contributed by atoms with Crippen LogP contribution in [0.15, 0.2) is 46.7 Å². The summed E-state index contributed by atoms with van der Waals surface area (Å²) in [4.78, 5) is 43.1. The van der Waals surface area contributed by atoms with E-state index in [1.165, 1.54) is 46.1 Å². The summed E-state index contributed by atoms with van der Waals surface area (Å²) in [5, 5.41) is 4.37. The topological polar surface area (TPSA) is 83.8 Å². The molecular formula is C17H13FN4O3S. The van der Waals surface area contributed by atoms with E-state index in [1.54, 1.807) is 18.5 Å². The van der Waals surface area contributed by atoms with E-state index in [2.05, 4.69) is 10.3 Å². The fourth-order valence-corrected chi connectivity index (χ4v) is 3.69. The van der Waals surface area contributed by atoms with Gasteiger partial charge in [0.2, 0.25) is 0 Å². The fraction of sp³-hybridized carbons (Fsp3) is 0.176. The first-order chi connectivity index (χ1) is 12.4. The van der Waals surface area contributed by atoms with Crippen molar-refractivity contribution in [3.05, 3.63) is 69.3 Å². The van der Waals surface area contributed by atoms with Crippen molar-refractivity contribution in [2.75, 3.05) is 0 Å². The Morgan fingerprint density at radius 2 is 1.96 bits per heavy atom. The van der Waals surface area contributed by atoms with Crippen LogP contribution >= 0.6 is 11.3 Å². The Hall–Kier alpha value is -3.07. The molecule has 1 fully saturated rings. The molecule has 132 valence electrons. The Kier molecular flexibility index (Phi) is 3.62. The summed E-state index contributed by atoms with van der Waals surface area (Å²) in [6, 6.07) is 6.09. The Bertz CT molecular complexity index is 1090. The van der Waals surface area contributed by atoms with Crippen molar-refractivity contribution in [2.24, 2.45) is 0 Å². The molecule has 0 spiro atoms. The maximum Gasteiger partial charge on any atom is 0.325 e.